The first-order valence-corrected chi connectivity index (χ1v) is 11.2. The maximum absolute atomic E-state index is 14.0. The van der Waals surface area contributed by atoms with Gasteiger partial charge in [-0.05, 0) is 24.7 Å². The minimum absolute atomic E-state index is 0.0539. The van der Waals surface area contributed by atoms with Gasteiger partial charge in [0, 0.05) is 13.3 Å². The second kappa shape index (κ2) is 10.0. The third-order valence-corrected chi connectivity index (χ3v) is 6.97. The Balaban J connectivity index is 1.71. The third-order valence-electron chi connectivity index (χ3n) is 5.95. The second-order valence-electron chi connectivity index (χ2n) is 8.36. The fourth-order valence-electron chi connectivity index (χ4n) is 4.09. The van der Waals surface area contributed by atoms with Crippen LogP contribution in [0, 0.1) is 11.8 Å². The molecule has 1 aromatic rings. The number of nitrogens with zero attached hydrogens (tertiary/aromatic N) is 2. The van der Waals surface area contributed by atoms with Crippen molar-refractivity contribution in [2.75, 3.05) is 32.1 Å². The summed E-state index contributed by atoms with van der Waals surface area (Å²) in [6.07, 6.45) is 5.46. The monoisotopic (exact) mass is 457 g/mol. The zero-order valence-corrected chi connectivity index (χ0v) is 18.5. The van der Waals surface area contributed by atoms with Gasteiger partial charge in [0.15, 0.2) is 16.9 Å². The largest absolute Gasteiger partial charge is 0.382 e. The molecule has 1 aromatic heterocycles. The Hall–Kier alpha value is -2.07. The summed E-state index contributed by atoms with van der Waals surface area (Å²) in [5, 5.41) is 5.50. The van der Waals surface area contributed by atoms with Crippen LogP contribution in [0.1, 0.15) is 43.5 Å². The van der Waals surface area contributed by atoms with Crippen LogP contribution in [0.25, 0.3) is 0 Å². The molecule has 0 radical (unpaired) electrons. The minimum atomic E-state index is -3.02. The number of hydrogen-bond acceptors (Lipinski definition) is 8. The lowest BCUT2D eigenvalue weighted by Crippen LogP contribution is -2.53. The quantitative estimate of drug-likeness (QED) is 0.538. The van der Waals surface area contributed by atoms with Gasteiger partial charge in [-0.15, -0.1) is 0 Å². The van der Waals surface area contributed by atoms with Crippen molar-refractivity contribution >= 4 is 28.3 Å². The van der Waals surface area contributed by atoms with Gasteiger partial charge in [0.25, 0.3) is 5.92 Å². The van der Waals surface area contributed by atoms with E-state index < -0.39 is 31.1 Å². The number of amides is 1. The van der Waals surface area contributed by atoms with Crippen LogP contribution in [0.5, 0.6) is 0 Å². The zero-order valence-electron chi connectivity index (χ0n) is 17.7. The maximum atomic E-state index is 14.0. The molecule has 31 heavy (non-hydrogen) atoms. The molecule has 1 aliphatic heterocycles. The Morgan fingerprint density at radius 1 is 1.48 bits per heavy atom. The van der Waals surface area contributed by atoms with Gasteiger partial charge in [-0.1, -0.05) is 31.1 Å². The fraction of sp³-hybridized carbons (Fsp3) is 0.700. The van der Waals surface area contributed by atoms with Gasteiger partial charge in [-0.2, -0.15) is 0 Å². The molecule has 0 aromatic carbocycles. The molecule has 2 atom stereocenters. The number of halogens is 2. The zero-order chi connectivity index (χ0) is 22.6. The van der Waals surface area contributed by atoms with Gasteiger partial charge < -0.3 is 26.0 Å². The third kappa shape index (κ3) is 5.79. The van der Waals surface area contributed by atoms with Gasteiger partial charge in [-0.25, -0.2) is 18.6 Å². The molecular weight excluding hydrogens is 428 g/mol. The maximum Gasteiger partial charge on any atom is 0.282 e. The summed E-state index contributed by atoms with van der Waals surface area (Å²) in [7, 11) is 1.45. The topological polar surface area (TPSA) is 110 Å². The lowest BCUT2D eigenvalue weighted by atomic mass is 9.79. The van der Waals surface area contributed by atoms with Crippen molar-refractivity contribution in [3.63, 3.8) is 0 Å². The van der Waals surface area contributed by atoms with Crippen LogP contribution in [0.2, 0.25) is 0 Å². The van der Waals surface area contributed by atoms with Crippen molar-refractivity contribution < 1.29 is 23.1 Å². The number of alkyl halides is 2. The van der Waals surface area contributed by atoms with Gasteiger partial charge in [-0.3, -0.25) is 4.79 Å². The van der Waals surface area contributed by atoms with Crippen LogP contribution < -0.4 is 16.4 Å². The van der Waals surface area contributed by atoms with E-state index in [9.17, 15) is 18.4 Å². The first-order valence-electron chi connectivity index (χ1n) is 10.4. The number of rotatable bonds is 7. The molecule has 1 aliphatic carbocycles. The Morgan fingerprint density at radius 3 is 2.84 bits per heavy atom. The average molecular weight is 458 g/mol. The standard InChI is InChI=1S/C20H29F2N5O3S/c1-12-3-5-13(6-4-12)17(23)18(29)26-19-24-7-15(31-19)14(9-30-2)27-11-20(21,22)10-25-16(27)8-28/h7,12-14,17,25H,3-6,9-11,23H2,1-2H3,(H,24,26,29)/t12-,13-,14?,17-/m0/s1. The lowest BCUT2D eigenvalue weighted by molar-refractivity contribution is -0.118. The Morgan fingerprint density at radius 2 is 2.19 bits per heavy atom. The van der Waals surface area contributed by atoms with E-state index in [4.69, 9.17) is 10.5 Å². The van der Waals surface area contributed by atoms with E-state index in [0.29, 0.717) is 15.9 Å². The van der Waals surface area contributed by atoms with Crippen LogP contribution in [-0.4, -0.2) is 60.5 Å². The number of thiazole rings is 1. The molecule has 1 unspecified atom stereocenters. The lowest BCUT2D eigenvalue weighted by Gasteiger charge is -2.39. The molecule has 4 N–H and O–H groups in total. The average Bonchev–Trinajstić information content (AvgIpc) is 3.19. The fourth-order valence-corrected chi connectivity index (χ4v) is 5.01. The van der Waals surface area contributed by atoms with Crippen LogP contribution in [0.4, 0.5) is 13.9 Å². The molecule has 0 bridgehead atoms. The molecule has 2 aliphatic rings. The molecule has 172 valence electrons. The van der Waals surface area contributed by atoms with Gasteiger partial charge in [0.05, 0.1) is 36.7 Å². The van der Waals surface area contributed by atoms with Crippen molar-refractivity contribution in [3.05, 3.63) is 16.9 Å². The summed E-state index contributed by atoms with van der Waals surface area (Å²) in [5.41, 5.74) is 6.18. The van der Waals surface area contributed by atoms with E-state index in [1.165, 1.54) is 18.2 Å². The molecule has 1 saturated carbocycles. The number of aromatic nitrogens is 1. The highest BCUT2D eigenvalue weighted by Gasteiger charge is 2.41. The van der Waals surface area contributed by atoms with Gasteiger partial charge in [0.1, 0.15) is 0 Å². The molecule has 3 rings (SSSR count). The number of nitrogens with one attached hydrogen (secondary N) is 2. The highest BCUT2D eigenvalue weighted by molar-refractivity contribution is 7.15. The van der Waals surface area contributed by atoms with E-state index >= 15 is 0 Å². The van der Waals surface area contributed by atoms with Crippen LogP contribution in [0.15, 0.2) is 12.0 Å². The number of ether oxygens (including phenoxy) is 1. The molecule has 2 heterocycles. The van der Waals surface area contributed by atoms with Crippen molar-refractivity contribution in [1.29, 1.82) is 0 Å². The van der Waals surface area contributed by atoms with E-state index in [0.717, 1.165) is 37.0 Å². The Kier molecular flexibility index (Phi) is 7.64. The number of anilines is 1. The van der Waals surface area contributed by atoms with E-state index in [1.807, 2.05) is 0 Å². The van der Waals surface area contributed by atoms with Crippen molar-refractivity contribution in [2.45, 2.75) is 50.6 Å². The van der Waals surface area contributed by atoms with E-state index in [1.54, 1.807) is 5.94 Å². The van der Waals surface area contributed by atoms with Crippen molar-refractivity contribution in [3.8, 4) is 0 Å². The minimum Gasteiger partial charge on any atom is -0.382 e. The SMILES string of the molecule is COCC(c1cnc(NC(=O)[C@@H](N)[C@H]2CC[C@H](C)CC2)s1)N1CC(F)(F)CNC1=C=O. The summed E-state index contributed by atoms with van der Waals surface area (Å²) in [4.78, 5) is 29.9. The highest BCUT2D eigenvalue weighted by Crippen LogP contribution is 2.35. The van der Waals surface area contributed by atoms with Crippen LogP contribution in [-0.2, 0) is 14.3 Å². The molecule has 0 spiro atoms. The summed E-state index contributed by atoms with van der Waals surface area (Å²) in [6.45, 7) is 0.978. The summed E-state index contributed by atoms with van der Waals surface area (Å²) < 4.78 is 33.2. The summed E-state index contributed by atoms with van der Waals surface area (Å²) in [5.74, 6) is -0.891. The number of hydrogen-bond donors (Lipinski definition) is 3. The Bertz CT molecular complexity index is 821. The normalized spacial score (nSPS) is 25.3. The summed E-state index contributed by atoms with van der Waals surface area (Å²) >= 11 is 1.14. The first-order chi connectivity index (χ1) is 14.7. The predicted octanol–water partition coefficient (Wildman–Crippen LogP) is 2.14. The molecule has 8 nitrogen and oxygen atoms in total. The Labute approximate surface area is 184 Å². The number of nitrogens with two attached hydrogens (primary N) is 1. The van der Waals surface area contributed by atoms with E-state index in [2.05, 4.69) is 22.5 Å². The first kappa shape index (κ1) is 23.6. The predicted molar refractivity (Wildman–Crippen MR) is 113 cm³/mol. The summed E-state index contributed by atoms with van der Waals surface area (Å²) in [6, 6.07) is -1.30. The van der Waals surface area contributed by atoms with Gasteiger partial charge >= 0.3 is 0 Å². The number of methoxy groups -OCH3 is 1. The molecule has 1 saturated heterocycles. The van der Waals surface area contributed by atoms with Gasteiger partial charge in [0.2, 0.25) is 5.91 Å². The molecule has 2 fully saturated rings. The number of carbonyl (C=O) groups is 1. The van der Waals surface area contributed by atoms with E-state index in [-0.39, 0.29) is 24.3 Å². The highest BCUT2D eigenvalue weighted by atomic mass is 32.1. The van der Waals surface area contributed by atoms with Crippen LogP contribution >= 0.6 is 11.3 Å². The van der Waals surface area contributed by atoms with Crippen molar-refractivity contribution in [2.24, 2.45) is 17.6 Å². The number of carbonyl (C=O) groups excluding carboxylic acids is 2. The second-order valence-corrected chi connectivity index (χ2v) is 9.42. The van der Waals surface area contributed by atoms with Crippen LogP contribution in [0.3, 0.4) is 0 Å². The smallest absolute Gasteiger partial charge is 0.282 e. The van der Waals surface area contributed by atoms with Crippen molar-refractivity contribution in [1.82, 2.24) is 15.2 Å². The molecule has 11 heteroatoms. The molecule has 1 amide bonds. The molecular formula is C20H29F2N5O3S.